The van der Waals surface area contributed by atoms with Gasteiger partial charge in [-0.05, 0) is 29.3 Å². The van der Waals surface area contributed by atoms with Gasteiger partial charge < -0.3 is 5.32 Å². The van der Waals surface area contributed by atoms with Crippen LogP contribution in [0.25, 0.3) is 0 Å². The lowest BCUT2D eigenvalue weighted by Crippen LogP contribution is -2.13. The number of alkyl halides is 3. The van der Waals surface area contributed by atoms with Gasteiger partial charge in [-0.3, -0.25) is 4.79 Å². The molecule has 0 bridgehead atoms. The summed E-state index contributed by atoms with van der Waals surface area (Å²) in [5.41, 5.74) is 1.34. The molecule has 1 unspecified atom stereocenters. The van der Waals surface area contributed by atoms with E-state index in [0.29, 0.717) is 11.3 Å². The first-order valence-electron chi connectivity index (χ1n) is 6.04. The van der Waals surface area contributed by atoms with Gasteiger partial charge in [0.1, 0.15) is 0 Å². The summed E-state index contributed by atoms with van der Waals surface area (Å²) in [6, 6.07) is 11.9. The van der Waals surface area contributed by atoms with Crippen LogP contribution >= 0.6 is 0 Å². The van der Waals surface area contributed by atoms with Gasteiger partial charge in [0.05, 0.1) is 11.5 Å². The fraction of sp³-hybridized carbons (Fsp3) is 0.133. The highest BCUT2D eigenvalue weighted by Gasteiger charge is 2.33. The van der Waals surface area contributed by atoms with Crippen molar-refractivity contribution in [2.24, 2.45) is 0 Å². The number of amides is 1. The van der Waals surface area contributed by atoms with Gasteiger partial charge in [-0.25, -0.2) is 0 Å². The third-order valence-electron chi connectivity index (χ3n) is 3.36. The zero-order valence-corrected chi connectivity index (χ0v) is 10.2. The standard InChI is InChI=1S/C15H10F3NO/c16-15(17,18)10-7-5-9(6-8-10)13-11-3-1-2-4-12(11)19-14(13)20/h1-8,13H,(H,19,20). The van der Waals surface area contributed by atoms with Gasteiger partial charge >= 0.3 is 6.18 Å². The molecule has 1 atom stereocenters. The molecule has 1 amide bonds. The van der Waals surface area contributed by atoms with Gasteiger partial charge in [0, 0.05) is 5.69 Å². The monoisotopic (exact) mass is 277 g/mol. The van der Waals surface area contributed by atoms with Crippen molar-refractivity contribution in [3.8, 4) is 0 Å². The first-order valence-corrected chi connectivity index (χ1v) is 6.04. The Labute approximate surface area is 113 Å². The highest BCUT2D eigenvalue weighted by Crippen LogP contribution is 2.38. The molecule has 5 heteroatoms. The van der Waals surface area contributed by atoms with Crippen LogP contribution in [-0.2, 0) is 11.0 Å². The third kappa shape index (κ3) is 2.05. The first kappa shape index (κ1) is 12.7. The van der Waals surface area contributed by atoms with Gasteiger partial charge in [-0.2, -0.15) is 13.2 Å². The minimum absolute atomic E-state index is 0.217. The average Bonchev–Trinajstić information content (AvgIpc) is 2.73. The molecule has 102 valence electrons. The van der Waals surface area contributed by atoms with Gasteiger partial charge in [-0.1, -0.05) is 30.3 Å². The van der Waals surface area contributed by atoms with Crippen molar-refractivity contribution in [2.45, 2.75) is 12.1 Å². The lowest BCUT2D eigenvalue weighted by molar-refractivity contribution is -0.137. The number of fused-ring (bicyclic) bond motifs is 1. The number of nitrogens with one attached hydrogen (secondary N) is 1. The summed E-state index contributed by atoms with van der Waals surface area (Å²) < 4.78 is 37.6. The lowest BCUT2D eigenvalue weighted by Gasteiger charge is -2.11. The zero-order valence-electron chi connectivity index (χ0n) is 10.2. The number of rotatable bonds is 1. The molecule has 1 aliphatic rings. The predicted octanol–water partition coefficient (Wildman–Crippen LogP) is 3.79. The maximum absolute atomic E-state index is 12.5. The van der Waals surface area contributed by atoms with Crippen molar-refractivity contribution < 1.29 is 18.0 Å². The van der Waals surface area contributed by atoms with Crippen molar-refractivity contribution in [3.05, 3.63) is 65.2 Å². The Morgan fingerprint density at radius 3 is 2.25 bits per heavy atom. The molecule has 3 rings (SSSR count). The summed E-state index contributed by atoms with van der Waals surface area (Å²) in [5, 5.41) is 2.73. The number of para-hydroxylation sites is 1. The van der Waals surface area contributed by atoms with E-state index in [9.17, 15) is 18.0 Å². The van der Waals surface area contributed by atoms with Crippen LogP contribution in [0.3, 0.4) is 0 Å². The molecule has 0 aromatic heterocycles. The summed E-state index contributed by atoms with van der Waals surface area (Å²) in [5.74, 6) is -0.764. The Balaban J connectivity index is 2.00. The normalized spacial score (nSPS) is 17.8. The Hall–Kier alpha value is -2.30. The summed E-state index contributed by atoms with van der Waals surface area (Å²) in [7, 11) is 0. The number of halogens is 3. The molecule has 0 fully saturated rings. The highest BCUT2D eigenvalue weighted by molar-refractivity contribution is 6.05. The Kier molecular flexibility index (Phi) is 2.78. The molecule has 2 aromatic rings. The van der Waals surface area contributed by atoms with Crippen LogP contribution in [0, 0.1) is 0 Å². The van der Waals surface area contributed by atoms with E-state index in [-0.39, 0.29) is 5.91 Å². The molecule has 0 aliphatic carbocycles. The topological polar surface area (TPSA) is 29.1 Å². The lowest BCUT2D eigenvalue weighted by atomic mass is 9.92. The van der Waals surface area contributed by atoms with Crippen LogP contribution in [0.5, 0.6) is 0 Å². The summed E-state index contributed by atoms with van der Waals surface area (Å²) >= 11 is 0. The fourth-order valence-electron chi connectivity index (χ4n) is 2.40. The van der Waals surface area contributed by atoms with Crippen LogP contribution < -0.4 is 5.32 Å². The second-order valence-corrected chi connectivity index (χ2v) is 4.63. The second kappa shape index (κ2) is 4.37. The summed E-state index contributed by atoms with van der Waals surface area (Å²) in [4.78, 5) is 12.0. The van der Waals surface area contributed by atoms with Crippen LogP contribution in [0.1, 0.15) is 22.6 Å². The number of hydrogen-bond acceptors (Lipinski definition) is 1. The molecule has 0 radical (unpaired) electrons. The molecule has 1 N–H and O–H groups in total. The molecule has 20 heavy (non-hydrogen) atoms. The quantitative estimate of drug-likeness (QED) is 0.844. The smallest absolute Gasteiger partial charge is 0.325 e. The molecule has 2 aromatic carbocycles. The van der Waals surface area contributed by atoms with E-state index in [0.717, 1.165) is 17.7 Å². The number of anilines is 1. The van der Waals surface area contributed by atoms with E-state index in [1.165, 1.54) is 12.1 Å². The predicted molar refractivity (Wildman–Crippen MR) is 68.4 cm³/mol. The largest absolute Gasteiger partial charge is 0.416 e. The van der Waals surface area contributed by atoms with Crippen LogP contribution in [0.2, 0.25) is 0 Å². The van der Waals surface area contributed by atoms with E-state index in [4.69, 9.17) is 0 Å². The van der Waals surface area contributed by atoms with Gasteiger partial charge in [0.2, 0.25) is 5.91 Å². The fourth-order valence-corrected chi connectivity index (χ4v) is 2.40. The van der Waals surface area contributed by atoms with Crippen LogP contribution in [0.4, 0.5) is 18.9 Å². The summed E-state index contributed by atoms with van der Waals surface area (Å²) in [6.07, 6.45) is -4.37. The Morgan fingerprint density at radius 2 is 1.60 bits per heavy atom. The van der Waals surface area contributed by atoms with E-state index in [1.807, 2.05) is 0 Å². The van der Waals surface area contributed by atoms with Crippen LogP contribution in [-0.4, -0.2) is 5.91 Å². The maximum atomic E-state index is 12.5. The number of carbonyl (C=O) groups is 1. The molecule has 2 nitrogen and oxygen atoms in total. The maximum Gasteiger partial charge on any atom is 0.416 e. The first-order chi connectivity index (χ1) is 9.47. The average molecular weight is 277 g/mol. The number of hydrogen-bond donors (Lipinski definition) is 1. The van der Waals surface area contributed by atoms with Crippen LogP contribution in [0.15, 0.2) is 48.5 Å². The van der Waals surface area contributed by atoms with Crippen molar-refractivity contribution in [1.29, 1.82) is 0 Å². The number of carbonyl (C=O) groups excluding carboxylic acids is 1. The molecule has 0 saturated heterocycles. The number of benzene rings is 2. The van der Waals surface area contributed by atoms with E-state index < -0.39 is 17.7 Å². The van der Waals surface area contributed by atoms with E-state index in [1.54, 1.807) is 24.3 Å². The third-order valence-corrected chi connectivity index (χ3v) is 3.36. The van der Waals surface area contributed by atoms with Gasteiger partial charge in [0.25, 0.3) is 0 Å². The molecule has 1 heterocycles. The van der Waals surface area contributed by atoms with E-state index in [2.05, 4.69) is 5.32 Å². The Morgan fingerprint density at radius 1 is 0.950 bits per heavy atom. The highest BCUT2D eigenvalue weighted by atomic mass is 19.4. The van der Waals surface area contributed by atoms with Crippen molar-refractivity contribution in [3.63, 3.8) is 0 Å². The van der Waals surface area contributed by atoms with Gasteiger partial charge in [-0.15, -0.1) is 0 Å². The molecular formula is C15H10F3NO. The van der Waals surface area contributed by atoms with Crippen molar-refractivity contribution in [1.82, 2.24) is 0 Å². The molecule has 1 aliphatic heterocycles. The summed E-state index contributed by atoms with van der Waals surface area (Å²) in [6.45, 7) is 0. The van der Waals surface area contributed by atoms with Crippen molar-refractivity contribution in [2.75, 3.05) is 5.32 Å². The Bertz CT molecular complexity index is 662. The van der Waals surface area contributed by atoms with Gasteiger partial charge in [0.15, 0.2) is 0 Å². The minimum atomic E-state index is -4.37. The van der Waals surface area contributed by atoms with Crippen molar-refractivity contribution >= 4 is 11.6 Å². The van der Waals surface area contributed by atoms with E-state index >= 15 is 0 Å². The molecule has 0 saturated carbocycles. The minimum Gasteiger partial charge on any atom is -0.325 e. The zero-order chi connectivity index (χ0) is 14.3. The molecular weight excluding hydrogens is 267 g/mol. The second-order valence-electron chi connectivity index (χ2n) is 4.63. The SMILES string of the molecule is O=C1Nc2ccccc2C1c1ccc(C(F)(F)F)cc1. The molecule has 0 spiro atoms.